The van der Waals surface area contributed by atoms with Gasteiger partial charge in [-0.1, -0.05) is 68.3 Å². The smallest absolute Gasteiger partial charge is 0.166 e. The molecule has 4 N–H and O–H groups in total. The van der Waals surface area contributed by atoms with Crippen molar-refractivity contribution in [2.75, 3.05) is 0 Å². The summed E-state index contributed by atoms with van der Waals surface area (Å²) in [7, 11) is 0. The number of nitrogens with zero attached hydrogens (tertiary/aromatic N) is 2. The molecule has 0 atom stereocenters. The number of hydrogen-bond donors (Lipinski definition) is 4. The molecule has 0 bridgehead atoms. The Labute approximate surface area is 289 Å². The van der Waals surface area contributed by atoms with E-state index in [9.17, 15) is 20.4 Å². The maximum Gasteiger partial charge on any atom is 0.166 e. The van der Waals surface area contributed by atoms with Crippen molar-refractivity contribution in [3.63, 3.8) is 0 Å². The molecule has 0 radical (unpaired) electrons. The van der Waals surface area contributed by atoms with Gasteiger partial charge in [0.2, 0.25) is 0 Å². The summed E-state index contributed by atoms with van der Waals surface area (Å²) in [6.45, 7) is 0. The van der Waals surface area contributed by atoms with E-state index in [0.717, 1.165) is 41.6 Å². The zero-order valence-corrected chi connectivity index (χ0v) is 27.6. The van der Waals surface area contributed by atoms with Gasteiger partial charge in [0.1, 0.15) is 0 Å². The second kappa shape index (κ2) is 14.0. The van der Waals surface area contributed by atoms with Crippen LogP contribution in [0.2, 0.25) is 0 Å². The molecule has 0 aliphatic carbocycles. The molecule has 0 fully saturated rings. The number of para-hydroxylation sites is 2. The van der Waals surface area contributed by atoms with Crippen molar-refractivity contribution < 1.29 is 53.4 Å². The number of aliphatic imine (C=N–C) groups is 2. The van der Waals surface area contributed by atoms with Gasteiger partial charge in [0.15, 0.2) is 23.0 Å². The van der Waals surface area contributed by atoms with Crippen molar-refractivity contribution in [3.05, 3.63) is 117 Å². The molecule has 0 heterocycles. The molecule has 6 aromatic rings. The van der Waals surface area contributed by atoms with Crippen LogP contribution in [0.4, 0.5) is 11.4 Å². The largest absolute Gasteiger partial charge is 0.504 e. The van der Waals surface area contributed by atoms with E-state index in [2.05, 4.69) is 31.9 Å². The van der Waals surface area contributed by atoms with Gasteiger partial charge in [-0.2, -0.15) is 0 Å². The number of fused-ring (bicyclic) bond motifs is 2. The summed E-state index contributed by atoms with van der Waals surface area (Å²) in [4.78, 5) is 9.59. The van der Waals surface area contributed by atoms with Gasteiger partial charge in [-0.3, -0.25) is 9.98 Å². The van der Waals surface area contributed by atoms with Crippen LogP contribution in [-0.4, -0.2) is 32.9 Å². The zero-order valence-electron chi connectivity index (χ0n) is 22.5. The summed E-state index contributed by atoms with van der Waals surface area (Å²) < 4.78 is 1.86. The summed E-state index contributed by atoms with van der Waals surface area (Å²) in [5.41, 5.74) is 3.62. The summed E-state index contributed by atoms with van der Waals surface area (Å²) in [5, 5.41) is 44.6. The Morgan fingerprint density at radius 3 is 1.32 bits per heavy atom. The Balaban J connectivity index is 0.00000221. The Kier molecular flexibility index (Phi) is 10.5. The fraction of sp³-hybridized carbons (Fsp3) is 0. The number of phenols is 4. The summed E-state index contributed by atoms with van der Waals surface area (Å²) in [5.74, 6) is -0.958. The minimum Gasteiger partial charge on any atom is -0.504 e. The van der Waals surface area contributed by atoms with Gasteiger partial charge in [0, 0.05) is 76.6 Å². The van der Waals surface area contributed by atoms with E-state index in [1.807, 2.05) is 60.7 Å². The topological polar surface area (TPSA) is 106 Å². The fourth-order valence-corrected chi connectivity index (χ4v) is 5.66. The van der Waals surface area contributed by atoms with Crippen molar-refractivity contribution in [1.82, 2.24) is 0 Å². The second-order valence-electron chi connectivity index (χ2n) is 9.60. The average molecular weight is 800 g/mol. The minimum absolute atomic E-state index is 0. The zero-order chi connectivity index (χ0) is 29.4. The predicted molar refractivity (Wildman–Crippen MR) is 176 cm³/mol. The summed E-state index contributed by atoms with van der Waals surface area (Å²) in [6, 6.07) is 29.3. The van der Waals surface area contributed by atoms with Crippen molar-refractivity contribution in [2.24, 2.45) is 9.98 Å². The minimum atomic E-state index is -0.251. The molecule has 0 aliphatic heterocycles. The fourth-order valence-electron chi connectivity index (χ4n) is 4.90. The van der Waals surface area contributed by atoms with Crippen LogP contribution in [0.25, 0.3) is 32.7 Å². The van der Waals surface area contributed by atoms with Crippen molar-refractivity contribution in [3.8, 4) is 34.1 Å². The van der Waals surface area contributed by atoms with Crippen molar-refractivity contribution in [1.29, 1.82) is 0 Å². The van der Waals surface area contributed by atoms with E-state index in [4.69, 9.17) is 9.98 Å². The van der Waals surface area contributed by atoms with Gasteiger partial charge in [0.25, 0.3) is 0 Å². The van der Waals surface area contributed by atoms with Gasteiger partial charge < -0.3 is 20.4 Å². The molecule has 0 aromatic heterocycles. The molecule has 0 spiro atoms. The van der Waals surface area contributed by atoms with Gasteiger partial charge in [-0.05, 0) is 82.2 Å². The number of halogens is 2. The standard InChI is InChI=1S/C34H22Br2N2O4.2Ni/c35-23-9-11-25-19(15-23)7-13-27(37-17-21-3-1-5-29(39)33(21)41)31(25)32-26-12-10-24(36)16-20(26)8-14-28(32)38-18-22-4-2-6-30(40)34(22)42;;/h1-18,39-42H;;. The number of phenolic OH excluding ortho intramolecular Hbond substituents is 4. The van der Waals surface area contributed by atoms with E-state index in [1.165, 1.54) is 24.6 Å². The Bertz CT molecular complexity index is 1940. The predicted octanol–water partition coefficient (Wildman–Crippen LogP) is 9.50. The van der Waals surface area contributed by atoms with Gasteiger partial charge >= 0.3 is 0 Å². The molecule has 0 saturated heterocycles. The summed E-state index contributed by atoms with van der Waals surface area (Å²) >= 11 is 7.16. The molecular formula is C34H22Br2N2Ni2O4. The van der Waals surface area contributed by atoms with E-state index in [0.29, 0.717) is 22.5 Å². The molecule has 6 aromatic carbocycles. The van der Waals surface area contributed by atoms with Gasteiger partial charge in [-0.15, -0.1) is 0 Å². The van der Waals surface area contributed by atoms with E-state index in [-0.39, 0.29) is 56.0 Å². The van der Waals surface area contributed by atoms with Crippen LogP contribution >= 0.6 is 31.9 Å². The van der Waals surface area contributed by atoms with Gasteiger partial charge in [-0.25, -0.2) is 0 Å². The number of hydrogen-bond acceptors (Lipinski definition) is 6. The molecule has 44 heavy (non-hydrogen) atoms. The van der Waals surface area contributed by atoms with Crippen LogP contribution < -0.4 is 0 Å². The summed E-state index contributed by atoms with van der Waals surface area (Å²) in [6.07, 6.45) is 3.04. The maximum absolute atomic E-state index is 10.4. The number of rotatable bonds is 5. The average Bonchev–Trinajstić information content (AvgIpc) is 2.98. The molecule has 0 unspecified atom stereocenters. The van der Waals surface area contributed by atoms with Crippen LogP contribution in [0.1, 0.15) is 11.1 Å². The normalized spacial score (nSPS) is 11.2. The van der Waals surface area contributed by atoms with E-state index in [1.54, 1.807) is 24.3 Å². The molecule has 0 amide bonds. The first-order valence-corrected chi connectivity index (χ1v) is 14.4. The second-order valence-corrected chi connectivity index (χ2v) is 11.4. The van der Waals surface area contributed by atoms with E-state index >= 15 is 0 Å². The van der Waals surface area contributed by atoms with E-state index < -0.39 is 0 Å². The van der Waals surface area contributed by atoms with Crippen molar-refractivity contribution in [2.45, 2.75) is 0 Å². The molecule has 10 heteroatoms. The molecule has 226 valence electrons. The molecule has 6 nitrogen and oxygen atoms in total. The third-order valence-electron chi connectivity index (χ3n) is 6.95. The number of aromatic hydroxyl groups is 4. The molecule has 0 saturated carbocycles. The third-order valence-corrected chi connectivity index (χ3v) is 7.93. The van der Waals surface area contributed by atoms with Crippen LogP contribution in [0, 0.1) is 0 Å². The molecule has 0 aliphatic rings. The van der Waals surface area contributed by atoms with Crippen LogP contribution in [0.5, 0.6) is 23.0 Å². The van der Waals surface area contributed by atoms with Crippen LogP contribution in [-0.2, 0) is 33.0 Å². The first kappa shape index (κ1) is 33.2. The third kappa shape index (κ3) is 6.55. The van der Waals surface area contributed by atoms with Crippen molar-refractivity contribution >= 4 is 77.2 Å². The van der Waals surface area contributed by atoms with Crippen LogP contribution in [0.3, 0.4) is 0 Å². The first-order valence-electron chi connectivity index (χ1n) is 12.8. The Hall–Kier alpha value is -3.67. The molecule has 6 rings (SSSR count). The van der Waals surface area contributed by atoms with Crippen LogP contribution in [0.15, 0.2) is 116 Å². The Morgan fingerprint density at radius 1 is 0.500 bits per heavy atom. The monoisotopic (exact) mass is 796 g/mol. The van der Waals surface area contributed by atoms with Gasteiger partial charge in [0.05, 0.1) is 11.4 Å². The Morgan fingerprint density at radius 2 is 0.909 bits per heavy atom. The maximum atomic E-state index is 10.4. The molecular weight excluding hydrogens is 778 g/mol. The number of benzene rings is 6. The quantitative estimate of drug-likeness (QED) is 0.0793. The first-order chi connectivity index (χ1) is 20.3. The SMILES string of the molecule is Oc1cccc(C=Nc2ccc3cc(Br)ccc3c2-c2c(N=Cc3cccc(O)c3O)ccc3cc(Br)ccc23)c1O.[Ni].[Ni].